The smallest absolute Gasteiger partial charge is 0.311 e. The van der Waals surface area contributed by atoms with Crippen molar-refractivity contribution >= 4 is 5.97 Å². The van der Waals surface area contributed by atoms with Crippen molar-refractivity contribution in [2.24, 2.45) is 5.41 Å². The van der Waals surface area contributed by atoms with Crippen molar-refractivity contribution in [2.45, 2.75) is 45.8 Å². The summed E-state index contributed by atoms with van der Waals surface area (Å²) in [6.45, 7) is 5.00. The van der Waals surface area contributed by atoms with Crippen molar-refractivity contribution in [3.05, 3.63) is 0 Å². The number of carbonyl (C=O) groups excluding carboxylic acids is 1. The predicted molar refractivity (Wildman–Crippen MR) is 50.8 cm³/mol. The maximum Gasteiger partial charge on any atom is 0.311 e. The van der Waals surface area contributed by atoms with Gasteiger partial charge in [0.1, 0.15) is 18.9 Å². The zero-order valence-electron chi connectivity index (χ0n) is 9.20. The lowest BCUT2D eigenvalue weighted by Gasteiger charge is -2.19. The van der Waals surface area contributed by atoms with Crippen LogP contribution in [-0.2, 0) is 14.3 Å². The minimum Gasteiger partial charge on any atom is -0.462 e. The van der Waals surface area contributed by atoms with Gasteiger partial charge in [0.15, 0.2) is 6.29 Å². The molecule has 3 atom stereocenters. The van der Waals surface area contributed by atoms with Gasteiger partial charge < -0.3 is 14.6 Å². The fourth-order valence-electron chi connectivity index (χ4n) is 1.20. The topological polar surface area (TPSA) is 55.8 Å². The van der Waals surface area contributed by atoms with Crippen LogP contribution in [0.4, 0.5) is 4.39 Å². The first-order valence-corrected chi connectivity index (χ1v) is 4.95. The van der Waals surface area contributed by atoms with Crippen LogP contribution in [0.25, 0.3) is 0 Å². The van der Waals surface area contributed by atoms with E-state index in [1.807, 2.05) is 0 Å². The molecule has 0 aromatic heterocycles. The lowest BCUT2D eigenvalue weighted by molar-refractivity contribution is -0.162. The van der Waals surface area contributed by atoms with Crippen molar-refractivity contribution in [1.82, 2.24) is 0 Å². The van der Waals surface area contributed by atoms with Gasteiger partial charge in [-0.05, 0) is 20.8 Å². The molecule has 0 aliphatic carbocycles. The minimum absolute atomic E-state index is 0.0578. The molecule has 1 saturated heterocycles. The number of ether oxygens (including phenoxy) is 2. The molecule has 1 fully saturated rings. The van der Waals surface area contributed by atoms with Gasteiger partial charge in [-0.15, -0.1) is 0 Å². The summed E-state index contributed by atoms with van der Waals surface area (Å²) in [7, 11) is 0. The number of alkyl halides is 1. The lowest BCUT2D eigenvalue weighted by atomic mass is 9.97. The van der Waals surface area contributed by atoms with Crippen LogP contribution in [0.5, 0.6) is 0 Å². The van der Waals surface area contributed by atoms with Gasteiger partial charge in [-0.3, -0.25) is 4.79 Å². The normalized spacial score (nSPS) is 31.7. The summed E-state index contributed by atoms with van der Waals surface area (Å²) >= 11 is 0. The van der Waals surface area contributed by atoms with Crippen molar-refractivity contribution < 1.29 is 23.8 Å². The first-order chi connectivity index (χ1) is 6.80. The van der Waals surface area contributed by atoms with E-state index in [1.54, 1.807) is 20.8 Å². The Morgan fingerprint density at radius 2 is 2.20 bits per heavy atom. The number of aliphatic hydroxyl groups excluding tert-OH is 1. The number of esters is 1. The molecule has 0 aromatic carbocycles. The second-order valence-corrected chi connectivity index (χ2v) is 4.73. The van der Waals surface area contributed by atoms with Crippen LogP contribution in [-0.4, -0.2) is 36.2 Å². The van der Waals surface area contributed by atoms with Crippen LogP contribution in [0.2, 0.25) is 0 Å². The van der Waals surface area contributed by atoms with Crippen LogP contribution in [0.15, 0.2) is 0 Å². The van der Waals surface area contributed by atoms with E-state index in [1.165, 1.54) is 0 Å². The van der Waals surface area contributed by atoms with Gasteiger partial charge in [-0.2, -0.15) is 0 Å². The zero-order chi connectivity index (χ0) is 11.6. The van der Waals surface area contributed by atoms with E-state index in [4.69, 9.17) is 14.6 Å². The van der Waals surface area contributed by atoms with E-state index >= 15 is 0 Å². The summed E-state index contributed by atoms with van der Waals surface area (Å²) in [4.78, 5) is 11.3. The third-order valence-electron chi connectivity index (χ3n) is 2.15. The fraction of sp³-hybridized carbons (Fsp3) is 0.900. The third-order valence-corrected chi connectivity index (χ3v) is 2.15. The molecule has 15 heavy (non-hydrogen) atoms. The van der Waals surface area contributed by atoms with E-state index in [0.29, 0.717) is 0 Å². The molecule has 1 heterocycles. The van der Waals surface area contributed by atoms with Gasteiger partial charge in [0.2, 0.25) is 0 Å². The highest BCUT2D eigenvalue weighted by molar-refractivity contribution is 5.75. The predicted octanol–water partition coefficient (Wildman–Crippen LogP) is 1.02. The summed E-state index contributed by atoms with van der Waals surface area (Å²) in [5, 5.41) is 8.99. The minimum atomic E-state index is -1.27. The number of hydrogen-bond acceptors (Lipinski definition) is 4. The highest BCUT2D eigenvalue weighted by Gasteiger charge is 2.36. The Kier molecular flexibility index (Phi) is 3.67. The molecule has 0 unspecified atom stereocenters. The highest BCUT2D eigenvalue weighted by Crippen LogP contribution is 2.23. The van der Waals surface area contributed by atoms with Crippen LogP contribution in [0, 0.1) is 5.41 Å². The third kappa shape index (κ3) is 3.43. The van der Waals surface area contributed by atoms with Crippen molar-refractivity contribution in [2.75, 3.05) is 6.61 Å². The molecule has 0 bridgehead atoms. The van der Waals surface area contributed by atoms with E-state index in [0.717, 1.165) is 0 Å². The molecule has 0 amide bonds. The van der Waals surface area contributed by atoms with E-state index < -0.39 is 29.9 Å². The molecule has 0 saturated carbocycles. The maximum absolute atomic E-state index is 13.1. The molecule has 1 N–H and O–H groups in total. The summed E-state index contributed by atoms with van der Waals surface area (Å²) in [6, 6.07) is 0. The molecule has 88 valence electrons. The monoisotopic (exact) mass is 220 g/mol. The van der Waals surface area contributed by atoms with Gasteiger partial charge >= 0.3 is 5.97 Å². The molecule has 1 aliphatic heterocycles. The summed E-state index contributed by atoms with van der Waals surface area (Å²) in [5.41, 5.74) is -0.608. The molecule has 0 spiro atoms. The average Bonchev–Trinajstić information content (AvgIpc) is 2.39. The van der Waals surface area contributed by atoms with Crippen LogP contribution in [0.3, 0.4) is 0 Å². The Morgan fingerprint density at radius 3 is 2.60 bits per heavy atom. The van der Waals surface area contributed by atoms with E-state index in [2.05, 4.69) is 0 Å². The molecule has 1 rings (SSSR count). The number of aliphatic hydroxyl groups is 1. The maximum atomic E-state index is 13.1. The Balaban J connectivity index is 2.35. The fourth-order valence-corrected chi connectivity index (χ4v) is 1.20. The Hall–Kier alpha value is -0.680. The number of carbonyl (C=O) groups is 1. The first-order valence-electron chi connectivity index (χ1n) is 4.95. The van der Waals surface area contributed by atoms with Gasteiger partial charge in [0.05, 0.1) is 5.41 Å². The molecule has 1 aliphatic rings. The number of halogens is 1. The Bertz CT molecular complexity index is 236. The van der Waals surface area contributed by atoms with Crippen LogP contribution < -0.4 is 0 Å². The molecular weight excluding hydrogens is 203 g/mol. The standard InChI is InChI=1S/C10H17FO4/c1-10(2,3)9(13)14-5-7-6(11)4-8(12)15-7/h6-8,12H,4-5H2,1-3H3/t6-,7+,8+/m0/s1. The lowest BCUT2D eigenvalue weighted by Crippen LogP contribution is -2.30. The Morgan fingerprint density at radius 1 is 1.60 bits per heavy atom. The first kappa shape index (κ1) is 12.4. The van der Waals surface area contributed by atoms with Gasteiger partial charge in [-0.25, -0.2) is 4.39 Å². The summed E-state index contributed by atoms with van der Waals surface area (Å²) in [5.74, 6) is -0.403. The Labute approximate surface area is 88.4 Å². The van der Waals surface area contributed by atoms with Gasteiger partial charge in [0.25, 0.3) is 0 Å². The number of rotatable bonds is 2. The summed E-state index contributed by atoms with van der Waals surface area (Å²) in [6.07, 6.45) is -3.25. The summed E-state index contributed by atoms with van der Waals surface area (Å²) < 4.78 is 22.8. The van der Waals surface area contributed by atoms with E-state index in [-0.39, 0.29) is 13.0 Å². The van der Waals surface area contributed by atoms with Crippen molar-refractivity contribution in [3.8, 4) is 0 Å². The molecular formula is C10H17FO4. The zero-order valence-corrected chi connectivity index (χ0v) is 9.20. The van der Waals surface area contributed by atoms with Crippen LogP contribution >= 0.6 is 0 Å². The largest absolute Gasteiger partial charge is 0.462 e. The second-order valence-electron chi connectivity index (χ2n) is 4.73. The van der Waals surface area contributed by atoms with Crippen LogP contribution in [0.1, 0.15) is 27.2 Å². The molecule has 0 aromatic rings. The highest BCUT2D eigenvalue weighted by atomic mass is 19.1. The number of hydrogen-bond donors (Lipinski definition) is 1. The van der Waals surface area contributed by atoms with Gasteiger partial charge in [0, 0.05) is 6.42 Å². The van der Waals surface area contributed by atoms with Gasteiger partial charge in [-0.1, -0.05) is 0 Å². The quantitative estimate of drug-likeness (QED) is 0.706. The van der Waals surface area contributed by atoms with Crippen molar-refractivity contribution in [3.63, 3.8) is 0 Å². The SMILES string of the molecule is CC(C)(C)C(=O)OC[C@H]1O[C@@H](O)C[C@@H]1F. The molecule has 0 radical (unpaired) electrons. The molecule has 5 heteroatoms. The molecule has 4 nitrogen and oxygen atoms in total. The van der Waals surface area contributed by atoms with Crippen molar-refractivity contribution in [1.29, 1.82) is 0 Å². The second kappa shape index (κ2) is 4.45. The average molecular weight is 220 g/mol. The van der Waals surface area contributed by atoms with E-state index in [9.17, 15) is 9.18 Å².